The van der Waals surface area contributed by atoms with Crippen molar-refractivity contribution in [3.05, 3.63) is 59.4 Å². The molecular weight excluding hydrogens is 345 g/mol. The quantitative estimate of drug-likeness (QED) is 0.673. The molecule has 2 nitrogen and oxygen atoms in total. The summed E-state index contributed by atoms with van der Waals surface area (Å²) in [6, 6.07) is 14.9. The molecule has 2 aromatic rings. The first-order chi connectivity index (χ1) is 11.6. The van der Waals surface area contributed by atoms with Gasteiger partial charge in [0, 0.05) is 10.8 Å². The molecule has 0 radical (unpaired) electrons. The number of halogens is 1. The Labute approximate surface area is 152 Å². The van der Waals surface area contributed by atoms with Gasteiger partial charge in [0.05, 0.1) is 27.8 Å². The molecule has 0 amide bonds. The van der Waals surface area contributed by atoms with Crippen molar-refractivity contribution < 1.29 is 9.13 Å². The fourth-order valence-electron chi connectivity index (χ4n) is 2.99. The zero-order valence-corrected chi connectivity index (χ0v) is 17.9. The number of ether oxygens (including phenoxy) is 1. The van der Waals surface area contributed by atoms with Crippen LogP contribution in [0.25, 0.3) is 0 Å². The van der Waals surface area contributed by atoms with Gasteiger partial charge < -0.3 is 4.74 Å². The molecule has 0 bridgehead atoms. The molecule has 0 aliphatic carbocycles. The zero-order valence-electron chi connectivity index (χ0n) is 15.9. The van der Waals surface area contributed by atoms with Crippen molar-refractivity contribution in [1.29, 1.82) is 5.26 Å². The van der Waals surface area contributed by atoms with Crippen LogP contribution in [-0.4, -0.2) is 16.1 Å². The van der Waals surface area contributed by atoms with Gasteiger partial charge in [-0.15, -0.1) is 0 Å². The number of nitrogens with zero attached hydrogens (tertiary/aromatic N) is 1. The lowest BCUT2D eigenvalue weighted by Crippen LogP contribution is -2.43. The minimum atomic E-state index is -1.92. The summed E-state index contributed by atoms with van der Waals surface area (Å²) in [7, 11) is -3.76. The molecule has 0 saturated carbocycles. The van der Waals surface area contributed by atoms with Crippen molar-refractivity contribution in [2.24, 2.45) is 0 Å². The van der Waals surface area contributed by atoms with E-state index in [-0.39, 0.29) is 11.5 Å². The van der Waals surface area contributed by atoms with Crippen molar-refractivity contribution in [2.75, 3.05) is 0 Å². The Kier molecular flexibility index (Phi) is 5.55. The summed E-state index contributed by atoms with van der Waals surface area (Å²) in [6.45, 7) is 13.0. The molecule has 5 heteroatoms. The van der Waals surface area contributed by atoms with E-state index in [2.05, 4.69) is 45.4 Å². The topological polar surface area (TPSA) is 33.0 Å². The van der Waals surface area contributed by atoms with E-state index in [9.17, 15) is 9.65 Å². The minimum Gasteiger partial charge on any atom is -0.490 e. The summed E-state index contributed by atoms with van der Waals surface area (Å²) in [5.41, 5.74) is 1.32. The van der Waals surface area contributed by atoms with Crippen LogP contribution in [0.4, 0.5) is 4.39 Å². The predicted molar refractivity (Wildman–Crippen MR) is 107 cm³/mol. The third kappa shape index (κ3) is 4.39. The second-order valence-electron chi connectivity index (χ2n) is 8.43. The van der Waals surface area contributed by atoms with Crippen molar-refractivity contribution in [2.45, 2.75) is 45.0 Å². The highest BCUT2D eigenvalue weighted by molar-refractivity contribution is 6.89. The lowest BCUT2D eigenvalue weighted by Gasteiger charge is -2.33. The Balaban J connectivity index is 2.58. The molecule has 2 rings (SSSR count). The van der Waals surface area contributed by atoms with E-state index < -0.39 is 16.1 Å². The number of hydrogen-bond acceptors (Lipinski definition) is 2. The third-order valence-corrected chi connectivity index (χ3v) is 8.11. The second-order valence-corrected chi connectivity index (χ2v) is 18.7. The lowest BCUT2D eigenvalue weighted by atomic mass is 10.1. The fraction of sp³-hybridized carbons (Fsp3) is 0.350. The van der Waals surface area contributed by atoms with Crippen LogP contribution >= 0.6 is 0 Å². The number of rotatable bonds is 5. The fourth-order valence-corrected chi connectivity index (χ4v) is 6.34. The molecule has 0 N–H and O–H groups in total. The third-order valence-electron chi connectivity index (χ3n) is 4.12. The first-order valence-corrected chi connectivity index (χ1v) is 15.6. The van der Waals surface area contributed by atoms with Crippen LogP contribution in [0.5, 0.6) is 5.75 Å². The van der Waals surface area contributed by atoms with Gasteiger partial charge >= 0.3 is 0 Å². The molecule has 0 fully saturated rings. The van der Waals surface area contributed by atoms with Crippen LogP contribution in [-0.2, 0) is 0 Å². The van der Waals surface area contributed by atoms with Crippen LogP contribution in [0.2, 0.25) is 39.3 Å². The number of nitriles is 1. The molecule has 0 aromatic heterocycles. The summed E-state index contributed by atoms with van der Waals surface area (Å²) < 4.78 is 21.0. The molecule has 2 aromatic carbocycles. The van der Waals surface area contributed by atoms with Crippen molar-refractivity contribution in [3.63, 3.8) is 0 Å². The highest BCUT2D eigenvalue weighted by Crippen LogP contribution is 2.32. The maximum atomic E-state index is 14.6. The van der Waals surface area contributed by atoms with E-state index in [1.807, 2.05) is 30.3 Å². The van der Waals surface area contributed by atoms with Gasteiger partial charge in [0.2, 0.25) is 0 Å². The highest BCUT2D eigenvalue weighted by Gasteiger charge is 2.34. The summed E-state index contributed by atoms with van der Waals surface area (Å²) >= 11 is 0. The van der Waals surface area contributed by atoms with Gasteiger partial charge in [-0.2, -0.15) is 5.26 Å². The van der Waals surface area contributed by atoms with Crippen LogP contribution in [0.1, 0.15) is 16.9 Å². The van der Waals surface area contributed by atoms with Crippen LogP contribution in [0, 0.1) is 17.1 Å². The Morgan fingerprint density at radius 2 is 1.60 bits per heavy atom. The van der Waals surface area contributed by atoms with Gasteiger partial charge in [0.1, 0.15) is 17.3 Å². The van der Waals surface area contributed by atoms with Crippen molar-refractivity contribution in [3.8, 4) is 11.8 Å². The minimum absolute atomic E-state index is 0.195. The van der Waals surface area contributed by atoms with Gasteiger partial charge in [-0.1, -0.05) is 63.5 Å². The van der Waals surface area contributed by atoms with E-state index >= 15 is 0 Å². The predicted octanol–water partition coefficient (Wildman–Crippen LogP) is 5.24. The largest absolute Gasteiger partial charge is 0.490 e. The standard InChI is InChI=1S/C20H26FNOSi2/c1-24(2,3)19-17(21)12-9-13-18(19)23-20(25(4,5)6)16-11-8-7-10-15(16)14-22/h7-13,20H,1-6H3. The van der Waals surface area contributed by atoms with E-state index in [0.717, 1.165) is 5.56 Å². The second kappa shape index (κ2) is 7.14. The van der Waals surface area contributed by atoms with Crippen LogP contribution in [0.3, 0.4) is 0 Å². The first-order valence-electron chi connectivity index (χ1n) is 8.50. The molecule has 0 aliphatic rings. The van der Waals surface area contributed by atoms with E-state index in [1.54, 1.807) is 6.07 Å². The summed E-state index contributed by atoms with van der Waals surface area (Å²) in [6.07, 6.45) is 0. The summed E-state index contributed by atoms with van der Waals surface area (Å²) in [4.78, 5) is 0. The average Bonchev–Trinajstić information content (AvgIpc) is 2.50. The van der Waals surface area contributed by atoms with E-state index in [0.29, 0.717) is 16.5 Å². The maximum absolute atomic E-state index is 14.6. The molecule has 0 saturated heterocycles. The summed E-state index contributed by atoms with van der Waals surface area (Å²) in [5.74, 6) is 0.430. The Morgan fingerprint density at radius 3 is 2.16 bits per heavy atom. The smallest absolute Gasteiger partial charge is 0.126 e. The zero-order chi connectivity index (χ0) is 18.8. The van der Waals surface area contributed by atoms with Gasteiger partial charge in [-0.05, 0) is 18.2 Å². The van der Waals surface area contributed by atoms with Crippen molar-refractivity contribution >= 4 is 21.3 Å². The molecule has 0 aliphatic heterocycles. The Hall–Kier alpha value is -1.91. The first kappa shape index (κ1) is 19.4. The molecular formula is C20H26FNOSi2. The molecule has 0 spiro atoms. The molecule has 25 heavy (non-hydrogen) atoms. The Morgan fingerprint density at radius 1 is 0.960 bits per heavy atom. The van der Waals surface area contributed by atoms with E-state index in [4.69, 9.17) is 4.74 Å². The Bertz CT molecular complexity index is 801. The number of hydrogen-bond donors (Lipinski definition) is 0. The summed E-state index contributed by atoms with van der Waals surface area (Å²) in [5, 5.41) is 10.2. The molecule has 1 unspecified atom stereocenters. The maximum Gasteiger partial charge on any atom is 0.126 e. The average molecular weight is 372 g/mol. The van der Waals surface area contributed by atoms with Crippen LogP contribution in [0.15, 0.2) is 42.5 Å². The molecule has 0 heterocycles. The van der Waals surface area contributed by atoms with Gasteiger partial charge in [0.25, 0.3) is 0 Å². The number of benzene rings is 2. The highest BCUT2D eigenvalue weighted by atomic mass is 28.3. The normalized spacial score (nSPS) is 13.2. The van der Waals surface area contributed by atoms with Gasteiger partial charge in [-0.25, -0.2) is 4.39 Å². The van der Waals surface area contributed by atoms with Gasteiger partial charge in [-0.3, -0.25) is 0 Å². The molecule has 132 valence electrons. The lowest BCUT2D eigenvalue weighted by molar-refractivity contribution is 0.276. The molecule has 1 atom stereocenters. The monoisotopic (exact) mass is 371 g/mol. The SMILES string of the molecule is C[Si](C)(C)c1c(F)cccc1OC(c1ccccc1C#N)[Si](C)(C)C. The van der Waals surface area contributed by atoms with Crippen molar-refractivity contribution in [1.82, 2.24) is 0 Å². The van der Waals surface area contributed by atoms with Gasteiger partial charge in [0.15, 0.2) is 0 Å². The van der Waals surface area contributed by atoms with Crippen LogP contribution < -0.4 is 9.92 Å². The van der Waals surface area contributed by atoms with E-state index in [1.165, 1.54) is 6.07 Å².